The van der Waals surface area contributed by atoms with Gasteiger partial charge < -0.3 is 25.1 Å². The van der Waals surface area contributed by atoms with Crippen LogP contribution in [-0.4, -0.2) is 44.0 Å². The Balaban J connectivity index is 1.58. The summed E-state index contributed by atoms with van der Waals surface area (Å²) in [6.45, 7) is 4.93. The van der Waals surface area contributed by atoms with E-state index in [0.29, 0.717) is 58.8 Å². The fraction of sp³-hybridized carbons (Fsp3) is 0.273. The number of anilines is 3. The molecule has 162 valence electrons. The molecule has 3 aromatic heterocycles. The van der Waals surface area contributed by atoms with Crippen LogP contribution in [0.15, 0.2) is 30.6 Å². The molecule has 1 aliphatic rings. The predicted octanol–water partition coefficient (Wildman–Crippen LogP) is 3.57. The summed E-state index contributed by atoms with van der Waals surface area (Å²) >= 11 is 0. The monoisotopic (exact) mass is 430 g/mol. The molecule has 1 aromatic carbocycles. The van der Waals surface area contributed by atoms with Crippen molar-refractivity contribution in [3.8, 4) is 28.8 Å². The molecule has 0 unspecified atom stereocenters. The summed E-state index contributed by atoms with van der Waals surface area (Å²) in [5, 5.41) is 20.9. The van der Waals surface area contributed by atoms with Gasteiger partial charge in [-0.15, -0.1) is 0 Å². The van der Waals surface area contributed by atoms with E-state index in [-0.39, 0.29) is 6.04 Å². The van der Waals surface area contributed by atoms with Crippen LogP contribution in [0.3, 0.4) is 0 Å². The van der Waals surface area contributed by atoms with E-state index < -0.39 is 0 Å². The third-order valence-corrected chi connectivity index (χ3v) is 5.11. The van der Waals surface area contributed by atoms with E-state index >= 15 is 0 Å². The molecule has 0 saturated heterocycles. The second-order valence-corrected chi connectivity index (χ2v) is 7.71. The van der Waals surface area contributed by atoms with Crippen molar-refractivity contribution in [3.63, 3.8) is 0 Å². The smallest absolute Gasteiger partial charge is 0.231 e. The first-order chi connectivity index (χ1) is 15.5. The van der Waals surface area contributed by atoms with E-state index in [1.165, 1.54) is 0 Å². The first-order valence-electron chi connectivity index (χ1n) is 10.3. The molecule has 10 nitrogen and oxygen atoms in total. The fourth-order valence-electron chi connectivity index (χ4n) is 3.75. The molecule has 0 saturated carbocycles. The summed E-state index contributed by atoms with van der Waals surface area (Å²) in [7, 11) is 1.88. The summed E-state index contributed by atoms with van der Waals surface area (Å²) in [6, 6.07) is 8.11. The topological polar surface area (TPSA) is 126 Å². The van der Waals surface area contributed by atoms with Gasteiger partial charge in [0.25, 0.3) is 0 Å². The van der Waals surface area contributed by atoms with Gasteiger partial charge >= 0.3 is 0 Å². The highest BCUT2D eigenvalue weighted by atomic mass is 16.6. The second-order valence-electron chi connectivity index (χ2n) is 7.71. The molecular weight excluding hydrogens is 408 g/mol. The van der Waals surface area contributed by atoms with Gasteiger partial charge in [0.05, 0.1) is 22.3 Å². The summed E-state index contributed by atoms with van der Waals surface area (Å²) in [5.41, 5.74) is 3.57. The van der Waals surface area contributed by atoms with Gasteiger partial charge in [0.1, 0.15) is 30.7 Å². The van der Waals surface area contributed by atoms with Crippen molar-refractivity contribution in [3.05, 3.63) is 36.2 Å². The highest BCUT2D eigenvalue weighted by Gasteiger charge is 2.23. The van der Waals surface area contributed by atoms with Gasteiger partial charge in [-0.1, -0.05) is 0 Å². The first kappa shape index (κ1) is 19.7. The van der Waals surface area contributed by atoms with Crippen LogP contribution in [0.25, 0.3) is 22.3 Å². The molecule has 3 N–H and O–H groups in total. The average molecular weight is 430 g/mol. The summed E-state index contributed by atoms with van der Waals surface area (Å²) in [6.07, 6.45) is 3.38. The van der Waals surface area contributed by atoms with Crippen molar-refractivity contribution in [2.24, 2.45) is 7.05 Å². The maximum Gasteiger partial charge on any atom is 0.231 e. The Hall–Kier alpha value is -4.26. The molecular formula is C22H22N8O2. The lowest BCUT2D eigenvalue weighted by Gasteiger charge is -2.24. The Morgan fingerprint density at radius 1 is 1.16 bits per heavy atom. The maximum atomic E-state index is 9.44. The highest BCUT2D eigenvalue weighted by molar-refractivity contribution is 5.94. The Morgan fingerprint density at radius 2 is 1.97 bits per heavy atom. The van der Waals surface area contributed by atoms with Gasteiger partial charge in [-0.05, 0) is 32.0 Å². The van der Waals surface area contributed by atoms with Gasteiger partial charge in [0.2, 0.25) is 5.95 Å². The number of ether oxygens (including phenoxy) is 2. The number of hydrogen-bond donors (Lipinski definition) is 3. The summed E-state index contributed by atoms with van der Waals surface area (Å²) in [4.78, 5) is 12.3. The van der Waals surface area contributed by atoms with Crippen LogP contribution in [0.1, 0.15) is 19.4 Å². The minimum Gasteiger partial charge on any atom is -0.485 e. The second kappa shape index (κ2) is 7.77. The van der Waals surface area contributed by atoms with Gasteiger partial charge in [-0.25, -0.2) is 0 Å². The lowest BCUT2D eigenvalue weighted by Crippen LogP contribution is -2.17. The number of hydrogen-bond acceptors (Lipinski definition) is 8. The molecule has 0 aliphatic carbocycles. The van der Waals surface area contributed by atoms with Gasteiger partial charge in [-0.3, -0.25) is 4.68 Å². The van der Waals surface area contributed by atoms with Gasteiger partial charge in [0.15, 0.2) is 11.5 Å². The summed E-state index contributed by atoms with van der Waals surface area (Å²) < 4.78 is 13.7. The number of fused-ring (bicyclic) bond motifs is 2. The molecule has 32 heavy (non-hydrogen) atoms. The van der Waals surface area contributed by atoms with Gasteiger partial charge in [0, 0.05) is 31.0 Å². The van der Waals surface area contributed by atoms with Crippen molar-refractivity contribution in [1.82, 2.24) is 24.7 Å². The number of H-pyrrole nitrogens is 1. The molecule has 0 amide bonds. The van der Waals surface area contributed by atoms with Crippen LogP contribution in [-0.2, 0) is 7.05 Å². The zero-order chi connectivity index (χ0) is 22.2. The predicted molar refractivity (Wildman–Crippen MR) is 120 cm³/mol. The number of benzene rings is 1. The number of nitrogens with one attached hydrogen (secondary N) is 3. The van der Waals surface area contributed by atoms with E-state index in [1.54, 1.807) is 17.1 Å². The number of rotatable bonds is 5. The number of aromatic nitrogens is 5. The Kier molecular flexibility index (Phi) is 4.78. The first-order valence-corrected chi connectivity index (χ1v) is 10.3. The molecule has 10 heteroatoms. The highest BCUT2D eigenvalue weighted by Crippen LogP contribution is 2.45. The van der Waals surface area contributed by atoms with Crippen molar-refractivity contribution in [1.29, 1.82) is 5.26 Å². The molecule has 0 atom stereocenters. The van der Waals surface area contributed by atoms with Crippen LogP contribution < -0.4 is 20.1 Å². The average Bonchev–Trinajstić information content (AvgIpc) is 3.39. The standard InChI is InChI=1S/C22H22N8O2/c1-12(2)26-21-17-13(10-23)11-24-20(17)28-22(29-21)27-15-5-4-14(16-6-7-25-30(16)3)18-19(15)32-9-8-31-18/h4-7,11-12H,8-9H2,1-3H3,(H3,24,26,27,28,29). The molecule has 1 aliphatic heterocycles. The van der Waals surface area contributed by atoms with E-state index in [2.05, 4.69) is 36.8 Å². The van der Waals surface area contributed by atoms with Crippen molar-refractivity contribution in [2.45, 2.75) is 19.9 Å². The SMILES string of the molecule is CC(C)Nc1nc(Nc2ccc(-c3ccnn3C)c3c2OCCO3)nc2[nH]cc(C#N)c12. The molecule has 5 rings (SSSR count). The van der Waals surface area contributed by atoms with Crippen LogP contribution in [0.5, 0.6) is 11.5 Å². The normalized spacial score (nSPS) is 12.7. The third kappa shape index (κ3) is 3.33. The van der Waals surface area contributed by atoms with Crippen LogP contribution in [0.4, 0.5) is 17.5 Å². The zero-order valence-electron chi connectivity index (χ0n) is 17.9. The number of nitrogens with zero attached hydrogens (tertiary/aromatic N) is 5. The van der Waals surface area contributed by atoms with E-state index in [1.807, 2.05) is 39.1 Å². The molecule has 0 radical (unpaired) electrons. The summed E-state index contributed by atoms with van der Waals surface area (Å²) in [5.74, 6) is 2.21. The Labute approximate surface area is 184 Å². The Morgan fingerprint density at radius 3 is 2.69 bits per heavy atom. The van der Waals surface area contributed by atoms with E-state index in [0.717, 1.165) is 11.3 Å². The van der Waals surface area contributed by atoms with Gasteiger partial charge in [-0.2, -0.15) is 20.3 Å². The molecule has 0 bridgehead atoms. The minimum atomic E-state index is 0.130. The lowest BCUT2D eigenvalue weighted by atomic mass is 10.1. The zero-order valence-corrected chi connectivity index (χ0v) is 17.9. The van der Waals surface area contributed by atoms with Crippen LogP contribution in [0.2, 0.25) is 0 Å². The largest absolute Gasteiger partial charge is 0.485 e. The quantitative estimate of drug-likeness (QED) is 0.439. The molecule has 4 aromatic rings. The van der Waals surface area contributed by atoms with E-state index in [9.17, 15) is 5.26 Å². The third-order valence-electron chi connectivity index (χ3n) is 5.11. The molecule has 0 fully saturated rings. The van der Waals surface area contributed by atoms with Crippen LogP contribution in [0, 0.1) is 11.3 Å². The van der Waals surface area contributed by atoms with E-state index in [4.69, 9.17) is 9.47 Å². The van der Waals surface area contributed by atoms with Crippen molar-refractivity contribution < 1.29 is 9.47 Å². The Bertz CT molecular complexity index is 1350. The molecule has 0 spiro atoms. The fourth-order valence-corrected chi connectivity index (χ4v) is 3.75. The lowest BCUT2D eigenvalue weighted by molar-refractivity contribution is 0.173. The van der Waals surface area contributed by atoms with Crippen LogP contribution >= 0.6 is 0 Å². The number of aromatic amines is 1. The molecule has 4 heterocycles. The number of aryl methyl sites for hydroxylation is 1. The minimum absolute atomic E-state index is 0.130. The van der Waals surface area contributed by atoms with Crippen molar-refractivity contribution in [2.75, 3.05) is 23.8 Å². The van der Waals surface area contributed by atoms with Crippen molar-refractivity contribution >= 4 is 28.5 Å². The number of nitriles is 1. The maximum absolute atomic E-state index is 9.44.